The number of nitrogens with zero attached hydrogens (tertiary/aromatic N) is 2. The summed E-state index contributed by atoms with van der Waals surface area (Å²) >= 11 is 0. The normalized spacial score (nSPS) is 15.2. The Balaban J connectivity index is 1.64. The molecule has 0 bridgehead atoms. The Labute approximate surface area is 156 Å². The second kappa shape index (κ2) is 8.52. The lowest BCUT2D eigenvalue weighted by atomic mass is 10.0. The van der Waals surface area contributed by atoms with Gasteiger partial charge in [-0.15, -0.1) is 0 Å². The minimum absolute atomic E-state index is 0.00171. The van der Waals surface area contributed by atoms with Gasteiger partial charge in [-0.2, -0.15) is 0 Å². The van der Waals surface area contributed by atoms with E-state index in [1.807, 2.05) is 17.8 Å². The summed E-state index contributed by atoms with van der Waals surface area (Å²) < 4.78 is 7.30. The van der Waals surface area contributed by atoms with Gasteiger partial charge in [0.25, 0.3) is 5.91 Å². The number of benzene rings is 1. The molecule has 0 radical (unpaired) electrons. The van der Waals surface area contributed by atoms with Gasteiger partial charge in [0, 0.05) is 38.4 Å². The van der Waals surface area contributed by atoms with Gasteiger partial charge in [-0.05, 0) is 37.9 Å². The van der Waals surface area contributed by atoms with E-state index in [0.29, 0.717) is 6.54 Å². The molecule has 0 unspecified atom stereocenters. The second-order valence-corrected chi connectivity index (χ2v) is 7.08. The maximum Gasteiger partial charge on any atom is 0.268 e. The molecule has 26 heavy (non-hydrogen) atoms. The van der Waals surface area contributed by atoms with Crippen molar-refractivity contribution < 1.29 is 9.53 Å². The van der Waals surface area contributed by atoms with Gasteiger partial charge in [0.15, 0.2) is 0 Å². The number of amides is 1. The van der Waals surface area contributed by atoms with Gasteiger partial charge >= 0.3 is 0 Å². The highest BCUT2D eigenvalue weighted by Gasteiger charge is 2.19. The minimum Gasteiger partial charge on any atom is -0.379 e. The Bertz CT molecular complexity index is 743. The lowest BCUT2D eigenvalue weighted by Gasteiger charge is -2.26. The lowest BCUT2D eigenvalue weighted by molar-refractivity contribution is 0.0374. The molecule has 1 amide bonds. The van der Waals surface area contributed by atoms with Gasteiger partial charge in [-0.1, -0.05) is 29.8 Å². The molecule has 1 aromatic carbocycles. The summed E-state index contributed by atoms with van der Waals surface area (Å²) in [5, 5.41) is 3.10. The van der Waals surface area contributed by atoms with Crippen molar-refractivity contribution in [3.63, 3.8) is 0 Å². The molecule has 5 heteroatoms. The van der Waals surface area contributed by atoms with Crippen LogP contribution in [0.1, 0.15) is 28.0 Å². The Morgan fingerprint density at radius 2 is 1.85 bits per heavy atom. The lowest BCUT2D eigenvalue weighted by Crippen LogP contribution is -2.38. The van der Waals surface area contributed by atoms with Crippen molar-refractivity contribution in [3.8, 4) is 11.1 Å². The number of carbonyl (C=O) groups excluding carboxylic acids is 1. The van der Waals surface area contributed by atoms with Crippen molar-refractivity contribution in [2.75, 3.05) is 39.4 Å². The summed E-state index contributed by atoms with van der Waals surface area (Å²) in [6.45, 7) is 9.43. The molecule has 0 saturated carbocycles. The molecule has 1 aliphatic rings. The van der Waals surface area contributed by atoms with E-state index in [2.05, 4.69) is 48.3 Å². The van der Waals surface area contributed by atoms with Gasteiger partial charge in [0.05, 0.1) is 13.2 Å². The number of nitrogens with one attached hydrogen (secondary N) is 1. The maximum atomic E-state index is 12.8. The first-order valence-corrected chi connectivity index (χ1v) is 9.37. The van der Waals surface area contributed by atoms with Gasteiger partial charge < -0.3 is 14.6 Å². The molecule has 5 nitrogen and oxygen atoms in total. The van der Waals surface area contributed by atoms with Crippen molar-refractivity contribution >= 4 is 5.91 Å². The highest BCUT2D eigenvalue weighted by Crippen LogP contribution is 2.29. The van der Waals surface area contributed by atoms with Crippen LogP contribution in [0.3, 0.4) is 0 Å². The topological polar surface area (TPSA) is 46.5 Å². The number of rotatable bonds is 6. The number of hydrogen-bond acceptors (Lipinski definition) is 3. The van der Waals surface area contributed by atoms with Gasteiger partial charge in [0.2, 0.25) is 0 Å². The van der Waals surface area contributed by atoms with E-state index in [1.165, 1.54) is 5.56 Å². The first-order chi connectivity index (χ1) is 12.6. The quantitative estimate of drug-likeness (QED) is 0.811. The second-order valence-electron chi connectivity index (χ2n) is 7.08. The largest absolute Gasteiger partial charge is 0.379 e. The highest BCUT2D eigenvalue weighted by molar-refractivity contribution is 6.00. The zero-order valence-corrected chi connectivity index (χ0v) is 16.0. The Morgan fingerprint density at radius 1 is 1.15 bits per heavy atom. The van der Waals surface area contributed by atoms with Crippen molar-refractivity contribution in [2.45, 2.75) is 20.3 Å². The van der Waals surface area contributed by atoms with Crippen LogP contribution in [0.5, 0.6) is 0 Å². The smallest absolute Gasteiger partial charge is 0.268 e. The fraction of sp³-hybridized carbons (Fsp3) is 0.476. The summed E-state index contributed by atoms with van der Waals surface area (Å²) in [4.78, 5) is 15.2. The van der Waals surface area contributed by atoms with Crippen LogP contribution in [0, 0.1) is 13.8 Å². The van der Waals surface area contributed by atoms with Crippen LogP contribution in [-0.4, -0.2) is 54.8 Å². The third-order valence-corrected chi connectivity index (χ3v) is 4.97. The van der Waals surface area contributed by atoms with Crippen LogP contribution >= 0.6 is 0 Å². The Morgan fingerprint density at radius 3 is 2.54 bits per heavy atom. The predicted octanol–water partition coefficient (Wildman–Crippen LogP) is 2.76. The number of morpholine rings is 1. The summed E-state index contributed by atoms with van der Waals surface area (Å²) in [6.07, 6.45) is 2.98. The number of aromatic nitrogens is 1. The third kappa shape index (κ3) is 4.34. The summed E-state index contributed by atoms with van der Waals surface area (Å²) in [7, 11) is 1.94. The van der Waals surface area contributed by atoms with E-state index in [4.69, 9.17) is 4.74 Å². The van der Waals surface area contributed by atoms with Gasteiger partial charge in [-0.3, -0.25) is 9.69 Å². The first-order valence-electron chi connectivity index (χ1n) is 9.37. The maximum absolute atomic E-state index is 12.8. The Hall–Kier alpha value is -2.11. The summed E-state index contributed by atoms with van der Waals surface area (Å²) in [6, 6.07) is 8.36. The standard InChI is InChI=1S/C21H29N3O2/c1-16-5-7-18(8-6-16)19-17(2)15-23(3)20(19)21(25)22-9-4-10-24-11-13-26-14-12-24/h5-8,15H,4,9-14H2,1-3H3,(H,22,25). The molecule has 3 rings (SSSR count). The van der Waals surface area contributed by atoms with E-state index >= 15 is 0 Å². The van der Waals surface area contributed by atoms with E-state index < -0.39 is 0 Å². The number of hydrogen-bond donors (Lipinski definition) is 1. The highest BCUT2D eigenvalue weighted by atomic mass is 16.5. The summed E-state index contributed by atoms with van der Waals surface area (Å²) in [5.41, 5.74) is 5.19. The Kier molecular flexibility index (Phi) is 6.12. The molecule has 1 fully saturated rings. The van der Waals surface area contributed by atoms with E-state index in [1.54, 1.807) is 0 Å². The van der Waals surface area contributed by atoms with Crippen LogP contribution in [-0.2, 0) is 11.8 Å². The molecule has 0 atom stereocenters. The van der Waals surface area contributed by atoms with Crippen molar-refractivity contribution in [3.05, 3.63) is 47.3 Å². The molecule has 2 aromatic rings. The molecule has 1 N–H and O–H groups in total. The molecule has 0 aliphatic carbocycles. The number of aryl methyl sites for hydroxylation is 3. The molecular weight excluding hydrogens is 326 g/mol. The van der Waals surface area contributed by atoms with E-state index in [9.17, 15) is 4.79 Å². The monoisotopic (exact) mass is 355 g/mol. The molecule has 2 heterocycles. The molecule has 1 saturated heterocycles. The van der Waals surface area contributed by atoms with Crippen LogP contribution in [0.4, 0.5) is 0 Å². The van der Waals surface area contributed by atoms with Crippen LogP contribution in [0.15, 0.2) is 30.5 Å². The summed E-state index contributed by atoms with van der Waals surface area (Å²) in [5.74, 6) is -0.00171. The SMILES string of the molecule is Cc1ccc(-c2c(C)cn(C)c2C(=O)NCCCN2CCOCC2)cc1. The number of ether oxygens (including phenoxy) is 1. The van der Waals surface area contributed by atoms with Gasteiger partial charge in [-0.25, -0.2) is 0 Å². The van der Waals surface area contributed by atoms with Gasteiger partial charge in [0.1, 0.15) is 5.69 Å². The third-order valence-electron chi connectivity index (χ3n) is 4.97. The molecule has 140 valence electrons. The predicted molar refractivity (Wildman–Crippen MR) is 105 cm³/mol. The molecule has 1 aromatic heterocycles. The van der Waals surface area contributed by atoms with Crippen molar-refractivity contribution in [1.82, 2.24) is 14.8 Å². The zero-order valence-electron chi connectivity index (χ0n) is 16.0. The first kappa shape index (κ1) is 18.7. The molecule has 1 aliphatic heterocycles. The average molecular weight is 355 g/mol. The molecular formula is C21H29N3O2. The minimum atomic E-state index is -0.00171. The van der Waals surface area contributed by atoms with Crippen molar-refractivity contribution in [2.24, 2.45) is 7.05 Å². The average Bonchev–Trinajstić information content (AvgIpc) is 2.94. The van der Waals surface area contributed by atoms with Crippen molar-refractivity contribution in [1.29, 1.82) is 0 Å². The van der Waals surface area contributed by atoms with Crippen LogP contribution in [0.2, 0.25) is 0 Å². The molecule has 0 spiro atoms. The number of carbonyl (C=O) groups is 1. The van der Waals surface area contributed by atoms with Crippen LogP contribution < -0.4 is 5.32 Å². The fourth-order valence-corrected chi connectivity index (χ4v) is 3.55. The van der Waals surface area contributed by atoms with E-state index in [0.717, 1.165) is 61.7 Å². The van der Waals surface area contributed by atoms with Crippen LogP contribution in [0.25, 0.3) is 11.1 Å². The zero-order chi connectivity index (χ0) is 18.5. The fourth-order valence-electron chi connectivity index (χ4n) is 3.55. The van der Waals surface area contributed by atoms with E-state index in [-0.39, 0.29) is 5.91 Å².